The molecule has 1 heterocycles. The fraction of sp³-hybridized carbons (Fsp3) is 0.667. The molecule has 1 aromatic rings. The predicted octanol–water partition coefficient (Wildman–Crippen LogP) is 0.246. The molecule has 0 spiro atoms. The molecule has 0 aliphatic heterocycles. The Labute approximate surface area is 108 Å². The van der Waals surface area contributed by atoms with E-state index in [1.165, 1.54) is 0 Å². The normalized spacial score (nSPS) is 10.9. The van der Waals surface area contributed by atoms with E-state index >= 15 is 0 Å². The standard InChI is InChI=1S/C12H23N5O/c1-5-9-10(13)11(17(4)15-9)12(18)14-7-6-8-16(2)3/h5-8,13H2,1-4H3,(H,14,18). The minimum absolute atomic E-state index is 0.152. The van der Waals surface area contributed by atoms with Crippen molar-refractivity contribution in [3.63, 3.8) is 0 Å². The van der Waals surface area contributed by atoms with Crippen molar-refractivity contribution in [3.8, 4) is 0 Å². The molecule has 1 aromatic heterocycles. The van der Waals surface area contributed by atoms with E-state index in [9.17, 15) is 4.79 Å². The third-order valence-corrected chi connectivity index (χ3v) is 2.78. The van der Waals surface area contributed by atoms with Crippen molar-refractivity contribution >= 4 is 11.6 Å². The molecule has 6 heteroatoms. The van der Waals surface area contributed by atoms with Crippen LogP contribution in [0.3, 0.4) is 0 Å². The van der Waals surface area contributed by atoms with Crippen LogP contribution in [0.4, 0.5) is 5.69 Å². The van der Waals surface area contributed by atoms with Gasteiger partial charge in [-0.2, -0.15) is 5.10 Å². The molecule has 0 radical (unpaired) electrons. The second-order valence-corrected chi connectivity index (χ2v) is 4.60. The maximum absolute atomic E-state index is 12.0. The molecule has 102 valence electrons. The van der Waals surface area contributed by atoms with Crippen LogP contribution < -0.4 is 11.1 Å². The van der Waals surface area contributed by atoms with E-state index in [0.717, 1.165) is 25.1 Å². The van der Waals surface area contributed by atoms with Gasteiger partial charge in [-0.3, -0.25) is 9.48 Å². The van der Waals surface area contributed by atoms with E-state index in [2.05, 4.69) is 15.3 Å². The third kappa shape index (κ3) is 3.46. The molecule has 0 atom stereocenters. The first-order valence-corrected chi connectivity index (χ1v) is 6.21. The SMILES string of the molecule is CCc1nn(C)c(C(=O)NCCCN(C)C)c1N. The van der Waals surface area contributed by atoms with E-state index in [1.54, 1.807) is 11.7 Å². The van der Waals surface area contributed by atoms with E-state index in [-0.39, 0.29) is 5.91 Å². The second kappa shape index (κ2) is 6.39. The van der Waals surface area contributed by atoms with Gasteiger partial charge in [0.1, 0.15) is 5.69 Å². The molecule has 0 bridgehead atoms. The number of nitrogens with one attached hydrogen (secondary N) is 1. The highest BCUT2D eigenvalue weighted by Crippen LogP contribution is 2.16. The zero-order chi connectivity index (χ0) is 13.7. The first kappa shape index (κ1) is 14.5. The van der Waals surface area contributed by atoms with Crippen LogP contribution in [0.2, 0.25) is 0 Å². The number of nitrogens with two attached hydrogens (primary N) is 1. The maximum atomic E-state index is 12.0. The number of aromatic nitrogens is 2. The molecule has 0 aromatic carbocycles. The van der Waals surface area contributed by atoms with Crippen LogP contribution in [0.25, 0.3) is 0 Å². The van der Waals surface area contributed by atoms with Crippen molar-refractivity contribution in [2.75, 3.05) is 32.9 Å². The molecule has 0 saturated heterocycles. The summed E-state index contributed by atoms with van der Waals surface area (Å²) in [6, 6.07) is 0. The Morgan fingerprint density at radius 2 is 2.17 bits per heavy atom. The predicted molar refractivity (Wildman–Crippen MR) is 72.5 cm³/mol. The van der Waals surface area contributed by atoms with Crippen LogP contribution in [-0.4, -0.2) is 47.8 Å². The Balaban J connectivity index is 2.59. The Morgan fingerprint density at radius 3 is 2.67 bits per heavy atom. The van der Waals surface area contributed by atoms with Crippen molar-refractivity contribution < 1.29 is 4.79 Å². The van der Waals surface area contributed by atoms with Crippen LogP contribution in [0.15, 0.2) is 0 Å². The van der Waals surface area contributed by atoms with Gasteiger partial charge in [-0.1, -0.05) is 6.92 Å². The lowest BCUT2D eigenvalue weighted by atomic mass is 10.2. The molecule has 18 heavy (non-hydrogen) atoms. The van der Waals surface area contributed by atoms with E-state index in [4.69, 9.17) is 5.73 Å². The average Bonchev–Trinajstić information content (AvgIpc) is 2.59. The van der Waals surface area contributed by atoms with Gasteiger partial charge in [0.05, 0.1) is 11.4 Å². The minimum Gasteiger partial charge on any atom is -0.395 e. The fourth-order valence-corrected chi connectivity index (χ4v) is 1.81. The molecule has 0 aliphatic carbocycles. The summed E-state index contributed by atoms with van der Waals surface area (Å²) < 4.78 is 1.55. The summed E-state index contributed by atoms with van der Waals surface area (Å²) in [6.07, 6.45) is 1.64. The molecular weight excluding hydrogens is 230 g/mol. The van der Waals surface area contributed by atoms with Crippen LogP contribution in [-0.2, 0) is 13.5 Å². The van der Waals surface area contributed by atoms with Gasteiger partial charge in [-0.05, 0) is 33.5 Å². The van der Waals surface area contributed by atoms with Crippen LogP contribution in [0, 0.1) is 0 Å². The number of amides is 1. The van der Waals surface area contributed by atoms with Gasteiger partial charge in [0, 0.05) is 13.6 Å². The smallest absolute Gasteiger partial charge is 0.271 e. The van der Waals surface area contributed by atoms with E-state index < -0.39 is 0 Å². The number of rotatable bonds is 6. The average molecular weight is 253 g/mol. The van der Waals surface area contributed by atoms with Crippen molar-refractivity contribution in [2.24, 2.45) is 7.05 Å². The van der Waals surface area contributed by atoms with Crippen molar-refractivity contribution in [3.05, 3.63) is 11.4 Å². The maximum Gasteiger partial charge on any atom is 0.271 e. The lowest BCUT2D eigenvalue weighted by Crippen LogP contribution is -2.29. The van der Waals surface area contributed by atoms with Gasteiger partial charge in [0.2, 0.25) is 0 Å². The van der Waals surface area contributed by atoms with Gasteiger partial charge in [0.15, 0.2) is 0 Å². The van der Waals surface area contributed by atoms with Crippen molar-refractivity contribution in [1.82, 2.24) is 20.0 Å². The lowest BCUT2D eigenvalue weighted by molar-refractivity contribution is 0.0944. The minimum atomic E-state index is -0.152. The fourth-order valence-electron chi connectivity index (χ4n) is 1.81. The quantitative estimate of drug-likeness (QED) is 0.712. The molecule has 0 fully saturated rings. The van der Waals surface area contributed by atoms with Crippen molar-refractivity contribution in [2.45, 2.75) is 19.8 Å². The molecule has 3 N–H and O–H groups in total. The van der Waals surface area contributed by atoms with Gasteiger partial charge in [-0.25, -0.2) is 0 Å². The van der Waals surface area contributed by atoms with Gasteiger partial charge >= 0.3 is 0 Å². The summed E-state index contributed by atoms with van der Waals surface area (Å²) in [7, 11) is 5.76. The van der Waals surface area contributed by atoms with E-state index in [1.807, 2.05) is 21.0 Å². The topological polar surface area (TPSA) is 76.2 Å². The Kier molecular flexibility index (Phi) is 5.15. The highest BCUT2D eigenvalue weighted by molar-refractivity contribution is 5.97. The summed E-state index contributed by atoms with van der Waals surface area (Å²) in [4.78, 5) is 14.1. The molecular formula is C12H23N5O. The van der Waals surface area contributed by atoms with Gasteiger partial charge in [0.25, 0.3) is 5.91 Å². The Morgan fingerprint density at radius 1 is 1.50 bits per heavy atom. The number of hydrogen-bond donors (Lipinski definition) is 2. The Hall–Kier alpha value is -1.56. The second-order valence-electron chi connectivity index (χ2n) is 4.60. The third-order valence-electron chi connectivity index (χ3n) is 2.78. The summed E-state index contributed by atoms with van der Waals surface area (Å²) in [5, 5.41) is 7.10. The number of aryl methyl sites for hydroxylation is 2. The molecule has 0 aliphatic rings. The van der Waals surface area contributed by atoms with Crippen LogP contribution in [0.5, 0.6) is 0 Å². The first-order chi connectivity index (χ1) is 8.47. The van der Waals surface area contributed by atoms with Gasteiger partial charge < -0.3 is 16.0 Å². The van der Waals surface area contributed by atoms with Gasteiger partial charge in [-0.15, -0.1) is 0 Å². The summed E-state index contributed by atoms with van der Waals surface area (Å²) in [5.41, 5.74) is 7.64. The largest absolute Gasteiger partial charge is 0.395 e. The van der Waals surface area contributed by atoms with Crippen LogP contribution >= 0.6 is 0 Å². The first-order valence-electron chi connectivity index (χ1n) is 6.21. The lowest BCUT2D eigenvalue weighted by Gasteiger charge is -2.10. The number of nitrogen functional groups attached to an aromatic ring is 1. The Bertz CT molecular complexity index is 411. The number of carbonyl (C=O) groups is 1. The summed E-state index contributed by atoms with van der Waals surface area (Å²) in [5.74, 6) is -0.152. The number of hydrogen-bond acceptors (Lipinski definition) is 4. The summed E-state index contributed by atoms with van der Waals surface area (Å²) in [6.45, 7) is 3.56. The number of nitrogens with zero attached hydrogens (tertiary/aromatic N) is 3. The molecule has 1 rings (SSSR count). The van der Waals surface area contributed by atoms with Crippen molar-refractivity contribution in [1.29, 1.82) is 0 Å². The highest BCUT2D eigenvalue weighted by Gasteiger charge is 2.18. The molecule has 0 saturated carbocycles. The summed E-state index contributed by atoms with van der Waals surface area (Å²) >= 11 is 0. The number of anilines is 1. The van der Waals surface area contributed by atoms with E-state index in [0.29, 0.717) is 17.9 Å². The zero-order valence-electron chi connectivity index (χ0n) is 11.7. The number of carbonyl (C=O) groups excluding carboxylic acids is 1. The highest BCUT2D eigenvalue weighted by atomic mass is 16.2. The monoisotopic (exact) mass is 253 g/mol. The molecule has 6 nitrogen and oxygen atoms in total. The zero-order valence-corrected chi connectivity index (χ0v) is 11.7. The molecule has 1 amide bonds. The van der Waals surface area contributed by atoms with Crippen LogP contribution in [0.1, 0.15) is 29.5 Å². The molecule has 0 unspecified atom stereocenters.